The van der Waals surface area contributed by atoms with Crippen molar-refractivity contribution in [3.05, 3.63) is 76.0 Å². The monoisotopic (exact) mass is 613 g/mol. The number of alkyl halides is 2. The number of amides is 1. The lowest BCUT2D eigenvalue weighted by atomic mass is 10.2. The van der Waals surface area contributed by atoms with Gasteiger partial charge >= 0.3 is 12.6 Å². The maximum atomic E-state index is 12.9. The Morgan fingerprint density at radius 3 is 2.33 bits per heavy atom. The summed E-state index contributed by atoms with van der Waals surface area (Å²) in [5, 5.41) is 2.86. The maximum absolute atomic E-state index is 12.9. The number of benzene rings is 2. The summed E-state index contributed by atoms with van der Waals surface area (Å²) in [6, 6.07) is 10.9. The molecule has 0 aliphatic rings. The Morgan fingerprint density at radius 2 is 1.68 bits per heavy atom. The fraction of sp³-hybridized carbons (Fsp3) is 0.296. The van der Waals surface area contributed by atoms with Crippen molar-refractivity contribution < 1.29 is 32.6 Å². The van der Waals surface area contributed by atoms with Gasteiger partial charge in [-0.3, -0.25) is 9.78 Å². The van der Waals surface area contributed by atoms with Gasteiger partial charge in [0.15, 0.2) is 11.5 Å². The van der Waals surface area contributed by atoms with E-state index in [1.165, 1.54) is 30.6 Å². The van der Waals surface area contributed by atoms with E-state index in [4.69, 9.17) is 32.7 Å². The molecule has 1 amide bonds. The van der Waals surface area contributed by atoms with Crippen molar-refractivity contribution in [2.24, 2.45) is 0 Å². The van der Waals surface area contributed by atoms with E-state index in [2.05, 4.69) is 15.0 Å². The van der Waals surface area contributed by atoms with Gasteiger partial charge in [0, 0.05) is 35.2 Å². The fourth-order valence-corrected chi connectivity index (χ4v) is 4.48. The molecule has 1 aromatic heterocycles. The summed E-state index contributed by atoms with van der Waals surface area (Å²) >= 11 is 13.6. The number of thioether (sulfide) groups is 1. The number of pyridine rings is 1. The van der Waals surface area contributed by atoms with Crippen molar-refractivity contribution in [3.63, 3.8) is 0 Å². The minimum absolute atomic E-state index is 0.0120. The number of carbonyl (C=O) groups excluding carboxylic acids is 2. The second-order valence-electron chi connectivity index (χ2n) is 8.49. The molecule has 0 fully saturated rings. The fourth-order valence-electron chi connectivity index (χ4n) is 3.19. The van der Waals surface area contributed by atoms with Crippen LogP contribution in [0.5, 0.6) is 11.5 Å². The third kappa shape index (κ3) is 9.81. The summed E-state index contributed by atoms with van der Waals surface area (Å²) < 4.78 is 41.3. The van der Waals surface area contributed by atoms with Crippen LogP contribution in [0.2, 0.25) is 10.0 Å². The molecule has 0 aliphatic carbocycles. The molecule has 3 aromatic rings. The van der Waals surface area contributed by atoms with Crippen LogP contribution in [0.1, 0.15) is 27.1 Å². The lowest BCUT2D eigenvalue weighted by Gasteiger charge is -2.14. The first-order chi connectivity index (χ1) is 19.1. The Morgan fingerprint density at radius 1 is 1.00 bits per heavy atom. The van der Waals surface area contributed by atoms with Crippen molar-refractivity contribution in [1.82, 2.24) is 9.88 Å². The zero-order chi connectivity index (χ0) is 29.1. The molecule has 0 radical (unpaired) electrons. The molecule has 0 aliphatic heterocycles. The molecule has 13 heteroatoms. The first kappa shape index (κ1) is 31.4. The number of halogens is 4. The van der Waals surface area contributed by atoms with Crippen LogP contribution < -0.4 is 14.8 Å². The number of hydrogen-bond donors (Lipinski definition) is 1. The Kier molecular flexibility index (Phi) is 12.3. The molecule has 8 nitrogen and oxygen atoms in total. The average molecular weight is 614 g/mol. The van der Waals surface area contributed by atoms with Crippen LogP contribution in [0, 0.1) is 0 Å². The van der Waals surface area contributed by atoms with Gasteiger partial charge in [-0.25, -0.2) is 4.79 Å². The Hall–Kier alpha value is -3.12. The highest BCUT2D eigenvalue weighted by atomic mass is 35.5. The summed E-state index contributed by atoms with van der Waals surface area (Å²) in [7, 11) is 3.80. The molecular formula is C27H27Cl2F2N3O5S. The smallest absolute Gasteiger partial charge is 0.387 e. The zero-order valence-electron chi connectivity index (χ0n) is 21.7. The SMILES string of the molecule is CN(C)CCOC(=O)c1ccc(SCCCOc2cc(C(=O)Nc3c(Cl)cncc3Cl)ccc2OC(F)F)cc1. The van der Waals surface area contributed by atoms with E-state index in [-0.39, 0.29) is 45.4 Å². The Bertz CT molecular complexity index is 1280. The van der Waals surface area contributed by atoms with E-state index in [1.807, 2.05) is 31.1 Å². The molecule has 1 N–H and O–H groups in total. The topological polar surface area (TPSA) is 90.0 Å². The molecule has 214 valence electrons. The summed E-state index contributed by atoms with van der Waals surface area (Å²) in [5.41, 5.74) is 0.760. The number of ether oxygens (including phenoxy) is 3. The van der Waals surface area contributed by atoms with Gasteiger partial charge in [0.1, 0.15) is 6.61 Å². The van der Waals surface area contributed by atoms with Gasteiger partial charge in [0.05, 0.1) is 27.9 Å². The van der Waals surface area contributed by atoms with Crippen LogP contribution >= 0.6 is 35.0 Å². The minimum atomic E-state index is -3.07. The van der Waals surface area contributed by atoms with Crippen molar-refractivity contribution in [2.45, 2.75) is 17.9 Å². The second kappa shape index (κ2) is 15.6. The standard InChI is InChI=1S/C27H27Cl2F2N3O5S/c1-34(2)10-12-38-26(36)17-4-7-19(8-5-17)40-13-3-11-37-23-14-18(6-9-22(23)39-27(30)31)25(35)33-24-20(28)15-32-16-21(24)29/h4-9,14-16,27H,3,10-13H2,1-2H3,(H,32,33,35). The third-order valence-corrected chi connectivity index (χ3v) is 6.86. The Balaban J connectivity index is 1.54. The lowest BCUT2D eigenvalue weighted by molar-refractivity contribution is -0.0515. The number of esters is 1. The molecule has 0 atom stereocenters. The molecule has 0 unspecified atom stereocenters. The van der Waals surface area contributed by atoms with E-state index >= 15 is 0 Å². The van der Waals surface area contributed by atoms with E-state index in [9.17, 15) is 18.4 Å². The highest BCUT2D eigenvalue weighted by Crippen LogP contribution is 2.32. The largest absolute Gasteiger partial charge is 0.490 e. The van der Waals surface area contributed by atoms with Crippen molar-refractivity contribution >= 4 is 52.5 Å². The molecule has 3 rings (SSSR count). The predicted molar refractivity (Wildman–Crippen MR) is 151 cm³/mol. The number of nitrogens with one attached hydrogen (secondary N) is 1. The van der Waals surface area contributed by atoms with Gasteiger partial charge in [-0.1, -0.05) is 23.2 Å². The molecule has 0 bridgehead atoms. The van der Waals surface area contributed by atoms with Crippen LogP contribution in [0.15, 0.2) is 59.8 Å². The second-order valence-corrected chi connectivity index (χ2v) is 10.5. The summed E-state index contributed by atoms with van der Waals surface area (Å²) in [4.78, 5) is 31.5. The summed E-state index contributed by atoms with van der Waals surface area (Å²) in [6.07, 6.45) is 3.21. The number of hydrogen-bond acceptors (Lipinski definition) is 8. The van der Waals surface area contributed by atoms with Crippen LogP contribution in [-0.2, 0) is 4.74 Å². The van der Waals surface area contributed by atoms with Crippen LogP contribution in [-0.4, -0.2) is 68.0 Å². The third-order valence-electron chi connectivity index (χ3n) is 5.19. The maximum Gasteiger partial charge on any atom is 0.387 e. The number of anilines is 1. The van der Waals surface area contributed by atoms with Gasteiger partial charge in [0.25, 0.3) is 5.91 Å². The van der Waals surface area contributed by atoms with E-state index < -0.39 is 12.5 Å². The molecular weight excluding hydrogens is 587 g/mol. The highest BCUT2D eigenvalue weighted by molar-refractivity contribution is 7.99. The quantitative estimate of drug-likeness (QED) is 0.125. The first-order valence-electron chi connectivity index (χ1n) is 12.0. The van der Waals surface area contributed by atoms with E-state index in [1.54, 1.807) is 23.9 Å². The summed E-state index contributed by atoms with van der Waals surface area (Å²) in [6.45, 7) is -1.94. The van der Waals surface area contributed by atoms with Crippen molar-refractivity contribution in [1.29, 1.82) is 0 Å². The van der Waals surface area contributed by atoms with Gasteiger partial charge in [-0.15, -0.1) is 11.8 Å². The van der Waals surface area contributed by atoms with Crippen LogP contribution in [0.4, 0.5) is 14.5 Å². The van der Waals surface area contributed by atoms with Gasteiger partial charge in [0.2, 0.25) is 0 Å². The molecule has 0 saturated carbocycles. The van der Waals surface area contributed by atoms with Crippen LogP contribution in [0.25, 0.3) is 0 Å². The molecule has 0 saturated heterocycles. The highest BCUT2D eigenvalue weighted by Gasteiger charge is 2.17. The lowest BCUT2D eigenvalue weighted by Crippen LogP contribution is -2.20. The van der Waals surface area contributed by atoms with Gasteiger partial charge in [-0.2, -0.15) is 8.78 Å². The van der Waals surface area contributed by atoms with Gasteiger partial charge < -0.3 is 24.4 Å². The molecule has 2 aromatic carbocycles. The van der Waals surface area contributed by atoms with Gasteiger partial charge in [-0.05, 0) is 63.0 Å². The number of carbonyl (C=O) groups is 2. The van der Waals surface area contributed by atoms with E-state index in [0.29, 0.717) is 30.9 Å². The number of nitrogens with zero attached hydrogens (tertiary/aromatic N) is 2. The number of rotatable bonds is 14. The number of likely N-dealkylation sites (N-methyl/N-ethyl adjacent to an activating group) is 1. The molecule has 40 heavy (non-hydrogen) atoms. The van der Waals surface area contributed by atoms with Crippen molar-refractivity contribution in [3.8, 4) is 11.5 Å². The summed E-state index contributed by atoms with van der Waals surface area (Å²) in [5.74, 6) is -0.522. The first-order valence-corrected chi connectivity index (χ1v) is 13.7. The van der Waals surface area contributed by atoms with E-state index in [0.717, 1.165) is 4.90 Å². The van der Waals surface area contributed by atoms with Crippen LogP contribution in [0.3, 0.4) is 0 Å². The predicted octanol–water partition coefficient (Wildman–Crippen LogP) is 6.52. The molecule has 1 heterocycles. The average Bonchev–Trinajstić information content (AvgIpc) is 2.91. The number of aromatic nitrogens is 1. The minimum Gasteiger partial charge on any atom is -0.490 e. The van der Waals surface area contributed by atoms with Crippen molar-refractivity contribution in [2.75, 3.05) is 44.9 Å². The zero-order valence-corrected chi connectivity index (χ0v) is 24.0. The normalized spacial score (nSPS) is 11.0. The molecule has 0 spiro atoms. The Labute approximate surface area is 244 Å².